The van der Waals surface area contributed by atoms with Gasteiger partial charge in [0.25, 0.3) is 0 Å². The predicted molar refractivity (Wildman–Crippen MR) is 70.9 cm³/mol. The second kappa shape index (κ2) is 6.56. The second-order valence-corrected chi connectivity index (χ2v) is 4.33. The average molecular weight is 283 g/mol. The summed E-state index contributed by atoms with van der Waals surface area (Å²) >= 11 is 6.05. The Morgan fingerprint density at radius 1 is 1.37 bits per heavy atom. The molecule has 0 aliphatic heterocycles. The third kappa shape index (κ3) is 3.47. The van der Waals surface area contributed by atoms with E-state index in [4.69, 9.17) is 31.3 Å². The molecule has 2 N–H and O–H groups in total. The molecule has 0 radical (unpaired) electrons. The molecule has 0 saturated heterocycles. The molecule has 2 rings (SSSR count). The van der Waals surface area contributed by atoms with Gasteiger partial charge in [0.05, 0.1) is 0 Å². The van der Waals surface area contributed by atoms with E-state index in [1.54, 1.807) is 19.2 Å². The third-order valence-corrected chi connectivity index (χ3v) is 2.90. The Hall–Kier alpha value is -1.56. The van der Waals surface area contributed by atoms with Gasteiger partial charge in [-0.2, -0.15) is 0 Å². The van der Waals surface area contributed by atoms with Gasteiger partial charge in [0.2, 0.25) is 0 Å². The van der Waals surface area contributed by atoms with Crippen LogP contribution >= 0.6 is 11.6 Å². The van der Waals surface area contributed by atoms with Crippen molar-refractivity contribution in [2.24, 2.45) is 5.73 Å². The SMILES string of the molecule is COCc1cc(COc2cccc(Cl)c2CN)no1. The summed E-state index contributed by atoms with van der Waals surface area (Å²) in [5, 5.41) is 4.48. The van der Waals surface area contributed by atoms with Crippen molar-refractivity contribution in [2.75, 3.05) is 7.11 Å². The van der Waals surface area contributed by atoms with Crippen LogP contribution < -0.4 is 10.5 Å². The lowest BCUT2D eigenvalue weighted by Gasteiger charge is -2.10. The zero-order chi connectivity index (χ0) is 13.7. The summed E-state index contributed by atoms with van der Waals surface area (Å²) in [5.74, 6) is 1.32. The van der Waals surface area contributed by atoms with Crippen molar-refractivity contribution in [1.29, 1.82) is 0 Å². The van der Waals surface area contributed by atoms with E-state index in [9.17, 15) is 0 Å². The van der Waals surface area contributed by atoms with Crippen molar-refractivity contribution in [3.63, 3.8) is 0 Å². The van der Waals surface area contributed by atoms with Gasteiger partial charge in [0.15, 0.2) is 5.76 Å². The molecule has 0 bridgehead atoms. The van der Waals surface area contributed by atoms with E-state index >= 15 is 0 Å². The molecule has 0 unspecified atom stereocenters. The molecule has 5 nitrogen and oxygen atoms in total. The van der Waals surface area contributed by atoms with Crippen LogP contribution in [0.25, 0.3) is 0 Å². The van der Waals surface area contributed by atoms with Crippen molar-refractivity contribution in [2.45, 2.75) is 19.8 Å². The van der Waals surface area contributed by atoms with Crippen LogP contribution in [0.1, 0.15) is 17.0 Å². The van der Waals surface area contributed by atoms with Crippen LogP contribution in [0.2, 0.25) is 5.02 Å². The fraction of sp³-hybridized carbons (Fsp3) is 0.308. The number of rotatable bonds is 6. The smallest absolute Gasteiger partial charge is 0.162 e. The van der Waals surface area contributed by atoms with Crippen LogP contribution in [0.5, 0.6) is 5.75 Å². The van der Waals surface area contributed by atoms with E-state index in [1.807, 2.05) is 12.1 Å². The van der Waals surface area contributed by atoms with E-state index in [2.05, 4.69) is 5.16 Å². The molecule has 0 aliphatic carbocycles. The minimum absolute atomic E-state index is 0.292. The molecule has 2 aromatic rings. The van der Waals surface area contributed by atoms with Crippen LogP contribution in [-0.4, -0.2) is 12.3 Å². The lowest BCUT2D eigenvalue weighted by atomic mass is 10.2. The highest BCUT2D eigenvalue weighted by Crippen LogP contribution is 2.26. The van der Waals surface area contributed by atoms with Gasteiger partial charge in [-0.3, -0.25) is 0 Å². The molecule has 1 heterocycles. The standard InChI is InChI=1S/C13H15ClN2O3/c1-17-8-10-5-9(16-19-10)7-18-13-4-2-3-12(14)11(13)6-15/h2-5H,6-8,15H2,1H3. The topological polar surface area (TPSA) is 70.5 Å². The summed E-state index contributed by atoms with van der Waals surface area (Å²) in [6.45, 7) is 1.00. The van der Waals surface area contributed by atoms with Crippen LogP contribution in [0.4, 0.5) is 0 Å². The van der Waals surface area contributed by atoms with Crippen molar-refractivity contribution < 1.29 is 14.0 Å². The van der Waals surface area contributed by atoms with E-state index < -0.39 is 0 Å². The molecular formula is C13H15ClN2O3. The Kier molecular flexibility index (Phi) is 4.79. The second-order valence-electron chi connectivity index (χ2n) is 3.93. The Bertz CT molecular complexity index is 542. The van der Waals surface area contributed by atoms with Gasteiger partial charge in [0.1, 0.15) is 24.7 Å². The molecule has 0 spiro atoms. The van der Waals surface area contributed by atoms with Crippen molar-refractivity contribution in [3.05, 3.63) is 46.3 Å². The predicted octanol–water partition coefficient (Wildman–Crippen LogP) is 2.51. The van der Waals surface area contributed by atoms with Gasteiger partial charge in [-0.05, 0) is 12.1 Å². The lowest BCUT2D eigenvalue weighted by Crippen LogP contribution is -2.03. The van der Waals surface area contributed by atoms with E-state index in [0.717, 1.165) is 5.56 Å². The van der Waals surface area contributed by atoms with Gasteiger partial charge in [-0.15, -0.1) is 0 Å². The number of hydrogen-bond acceptors (Lipinski definition) is 5. The van der Waals surface area contributed by atoms with Gasteiger partial charge >= 0.3 is 0 Å². The molecule has 0 saturated carbocycles. The molecule has 1 aromatic heterocycles. The largest absolute Gasteiger partial charge is 0.487 e. The Morgan fingerprint density at radius 2 is 2.21 bits per heavy atom. The highest BCUT2D eigenvalue weighted by atomic mass is 35.5. The molecule has 0 atom stereocenters. The molecule has 0 aliphatic rings. The monoisotopic (exact) mass is 282 g/mol. The molecular weight excluding hydrogens is 268 g/mol. The first-order chi connectivity index (χ1) is 9.24. The van der Waals surface area contributed by atoms with E-state index in [0.29, 0.717) is 42.0 Å². The van der Waals surface area contributed by atoms with Crippen molar-refractivity contribution in [1.82, 2.24) is 5.16 Å². The Balaban J connectivity index is 2.03. The number of nitrogens with two attached hydrogens (primary N) is 1. The van der Waals surface area contributed by atoms with Gasteiger partial charge in [0, 0.05) is 30.3 Å². The van der Waals surface area contributed by atoms with E-state index in [-0.39, 0.29) is 0 Å². The first kappa shape index (κ1) is 13.9. The number of halogens is 1. The lowest BCUT2D eigenvalue weighted by molar-refractivity contribution is 0.155. The minimum atomic E-state index is 0.292. The molecule has 6 heteroatoms. The van der Waals surface area contributed by atoms with Gasteiger partial charge < -0.3 is 19.7 Å². The maximum atomic E-state index is 6.05. The van der Waals surface area contributed by atoms with Crippen LogP contribution in [-0.2, 0) is 24.5 Å². The summed E-state index contributed by atoms with van der Waals surface area (Å²) in [6.07, 6.45) is 0. The average Bonchev–Trinajstić information content (AvgIpc) is 2.84. The summed E-state index contributed by atoms with van der Waals surface area (Å²) < 4.78 is 15.7. The summed E-state index contributed by atoms with van der Waals surface area (Å²) in [5.41, 5.74) is 7.12. The van der Waals surface area contributed by atoms with Crippen molar-refractivity contribution in [3.8, 4) is 5.75 Å². The fourth-order valence-corrected chi connectivity index (χ4v) is 1.90. The molecule has 0 amide bonds. The Labute approximate surface area is 116 Å². The first-order valence-corrected chi connectivity index (χ1v) is 6.16. The van der Waals surface area contributed by atoms with Gasteiger partial charge in [-0.1, -0.05) is 22.8 Å². The highest BCUT2D eigenvalue weighted by Gasteiger charge is 2.09. The number of benzene rings is 1. The zero-order valence-corrected chi connectivity index (χ0v) is 11.3. The number of hydrogen-bond donors (Lipinski definition) is 1. The Morgan fingerprint density at radius 3 is 2.95 bits per heavy atom. The highest BCUT2D eigenvalue weighted by molar-refractivity contribution is 6.31. The van der Waals surface area contributed by atoms with Crippen molar-refractivity contribution >= 4 is 11.6 Å². The maximum Gasteiger partial charge on any atom is 0.162 e. The minimum Gasteiger partial charge on any atom is -0.487 e. The number of aromatic nitrogens is 1. The number of nitrogens with zero attached hydrogens (tertiary/aromatic N) is 1. The third-order valence-electron chi connectivity index (χ3n) is 2.55. The molecule has 1 aromatic carbocycles. The number of methoxy groups -OCH3 is 1. The fourth-order valence-electron chi connectivity index (χ4n) is 1.66. The zero-order valence-electron chi connectivity index (χ0n) is 10.6. The number of ether oxygens (including phenoxy) is 2. The quantitative estimate of drug-likeness (QED) is 0.881. The van der Waals surface area contributed by atoms with Crippen LogP contribution in [0.15, 0.2) is 28.8 Å². The summed E-state index contributed by atoms with van der Waals surface area (Å²) in [7, 11) is 1.60. The molecule has 0 fully saturated rings. The summed E-state index contributed by atoms with van der Waals surface area (Å²) in [6, 6.07) is 7.21. The molecule has 19 heavy (non-hydrogen) atoms. The van der Waals surface area contributed by atoms with Crippen LogP contribution in [0.3, 0.4) is 0 Å². The maximum absolute atomic E-state index is 6.05. The summed E-state index contributed by atoms with van der Waals surface area (Å²) in [4.78, 5) is 0. The molecule has 102 valence electrons. The van der Waals surface area contributed by atoms with Gasteiger partial charge in [-0.25, -0.2) is 0 Å². The first-order valence-electron chi connectivity index (χ1n) is 5.78. The van der Waals surface area contributed by atoms with E-state index in [1.165, 1.54) is 0 Å². The van der Waals surface area contributed by atoms with Crippen LogP contribution in [0, 0.1) is 0 Å². The normalized spacial score (nSPS) is 10.7.